The van der Waals surface area contributed by atoms with E-state index in [2.05, 4.69) is 11.0 Å². The molecule has 0 aromatic heterocycles. The highest BCUT2D eigenvalue weighted by atomic mass is 16.5. The maximum atomic E-state index is 12.3. The molecule has 3 rings (SSSR count). The highest BCUT2D eigenvalue weighted by molar-refractivity contribution is 5.78. The Labute approximate surface area is 155 Å². The summed E-state index contributed by atoms with van der Waals surface area (Å²) in [5, 5.41) is 8.81. The smallest absolute Gasteiger partial charge is 0.236 e. The number of hydrogen-bond donors (Lipinski definition) is 0. The first-order valence-corrected chi connectivity index (χ1v) is 9.39. The fourth-order valence-corrected chi connectivity index (χ4v) is 3.43. The summed E-state index contributed by atoms with van der Waals surface area (Å²) in [7, 11) is 0. The van der Waals surface area contributed by atoms with Crippen LogP contribution in [0.5, 0.6) is 0 Å². The van der Waals surface area contributed by atoms with Crippen LogP contribution in [0.25, 0.3) is 0 Å². The minimum absolute atomic E-state index is 0.226. The lowest BCUT2D eigenvalue weighted by Gasteiger charge is -2.34. The molecule has 2 fully saturated rings. The van der Waals surface area contributed by atoms with Gasteiger partial charge in [0.05, 0.1) is 38.0 Å². The second kappa shape index (κ2) is 9.67. The number of piperidine rings is 1. The highest BCUT2D eigenvalue weighted by Gasteiger charge is 2.24. The van der Waals surface area contributed by atoms with E-state index in [4.69, 9.17) is 14.7 Å². The van der Waals surface area contributed by atoms with Crippen molar-refractivity contribution >= 4 is 5.91 Å². The summed E-state index contributed by atoms with van der Waals surface area (Å²) in [6, 6.07) is 9.65. The standard InChI is InChI=1S/C20H27N3O3/c21-13-17-1-3-18(4-2-17)15-26-16-19-5-7-22(8-6-19)14-20(24)23-9-11-25-12-10-23/h1-4,19H,5-12,14-16H2. The van der Waals surface area contributed by atoms with Gasteiger partial charge in [-0.1, -0.05) is 12.1 Å². The Morgan fingerprint density at radius 3 is 2.50 bits per heavy atom. The van der Waals surface area contributed by atoms with E-state index in [1.54, 1.807) is 0 Å². The van der Waals surface area contributed by atoms with E-state index in [1.165, 1.54) is 0 Å². The number of amides is 1. The van der Waals surface area contributed by atoms with Crippen LogP contribution in [0.15, 0.2) is 24.3 Å². The first-order valence-electron chi connectivity index (χ1n) is 9.39. The molecule has 140 valence electrons. The monoisotopic (exact) mass is 357 g/mol. The molecule has 0 N–H and O–H groups in total. The second-order valence-corrected chi connectivity index (χ2v) is 7.04. The molecule has 2 aliphatic rings. The van der Waals surface area contributed by atoms with E-state index in [9.17, 15) is 4.79 Å². The van der Waals surface area contributed by atoms with Gasteiger partial charge in [-0.3, -0.25) is 9.69 Å². The van der Waals surface area contributed by atoms with Gasteiger partial charge in [-0.25, -0.2) is 0 Å². The number of carbonyl (C=O) groups is 1. The molecular weight excluding hydrogens is 330 g/mol. The van der Waals surface area contributed by atoms with Crippen LogP contribution in [0.4, 0.5) is 0 Å². The molecular formula is C20H27N3O3. The molecule has 1 aromatic rings. The predicted molar refractivity (Wildman–Crippen MR) is 97.4 cm³/mol. The van der Waals surface area contributed by atoms with Gasteiger partial charge < -0.3 is 14.4 Å². The summed E-state index contributed by atoms with van der Waals surface area (Å²) in [5.41, 5.74) is 1.77. The first kappa shape index (κ1) is 18.8. The molecule has 2 aliphatic heterocycles. The minimum atomic E-state index is 0.226. The Bertz CT molecular complexity index is 612. The number of benzene rings is 1. The molecule has 0 aliphatic carbocycles. The molecule has 2 saturated heterocycles. The van der Waals surface area contributed by atoms with Gasteiger partial charge in [0.1, 0.15) is 0 Å². The predicted octanol–water partition coefficient (Wildman–Crippen LogP) is 1.65. The average molecular weight is 357 g/mol. The normalized spacial score (nSPS) is 19.3. The lowest BCUT2D eigenvalue weighted by Crippen LogP contribution is -2.47. The van der Waals surface area contributed by atoms with E-state index >= 15 is 0 Å². The third-order valence-corrected chi connectivity index (χ3v) is 5.14. The van der Waals surface area contributed by atoms with Crippen molar-refractivity contribution < 1.29 is 14.3 Å². The van der Waals surface area contributed by atoms with Gasteiger partial charge in [0.15, 0.2) is 0 Å². The molecule has 0 radical (unpaired) electrons. The van der Waals surface area contributed by atoms with Crippen LogP contribution in [0.3, 0.4) is 0 Å². The topological polar surface area (TPSA) is 65.8 Å². The highest BCUT2D eigenvalue weighted by Crippen LogP contribution is 2.18. The zero-order chi connectivity index (χ0) is 18.2. The molecule has 26 heavy (non-hydrogen) atoms. The quantitative estimate of drug-likeness (QED) is 0.774. The Morgan fingerprint density at radius 2 is 1.85 bits per heavy atom. The van der Waals surface area contributed by atoms with Crippen molar-refractivity contribution in [1.29, 1.82) is 5.26 Å². The SMILES string of the molecule is N#Cc1ccc(COCC2CCN(CC(=O)N3CCOCC3)CC2)cc1. The van der Waals surface area contributed by atoms with Crippen LogP contribution in [0.1, 0.15) is 24.0 Å². The number of likely N-dealkylation sites (tertiary alicyclic amines) is 1. The van der Waals surface area contributed by atoms with Gasteiger partial charge in [-0.15, -0.1) is 0 Å². The van der Waals surface area contributed by atoms with Crippen molar-refractivity contribution in [3.8, 4) is 6.07 Å². The molecule has 6 heteroatoms. The number of nitrogens with zero attached hydrogens (tertiary/aromatic N) is 3. The van der Waals surface area contributed by atoms with Crippen LogP contribution >= 0.6 is 0 Å². The molecule has 1 aromatic carbocycles. The lowest BCUT2D eigenvalue weighted by atomic mass is 9.98. The van der Waals surface area contributed by atoms with Crippen LogP contribution in [0.2, 0.25) is 0 Å². The summed E-state index contributed by atoms with van der Waals surface area (Å²) in [6.45, 7) is 6.54. The Morgan fingerprint density at radius 1 is 1.15 bits per heavy atom. The zero-order valence-corrected chi connectivity index (χ0v) is 15.2. The van der Waals surface area contributed by atoms with Gasteiger partial charge in [0.25, 0.3) is 0 Å². The maximum Gasteiger partial charge on any atom is 0.236 e. The van der Waals surface area contributed by atoms with E-state index < -0.39 is 0 Å². The number of carbonyl (C=O) groups excluding carboxylic acids is 1. The minimum Gasteiger partial charge on any atom is -0.378 e. The van der Waals surface area contributed by atoms with E-state index in [0.717, 1.165) is 51.2 Å². The average Bonchev–Trinajstić information content (AvgIpc) is 2.70. The van der Waals surface area contributed by atoms with Gasteiger partial charge in [0.2, 0.25) is 5.91 Å². The third-order valence-electron chi connectivity index (χ3n) is 5.14. The van der Waals surface area contributed by atoms with Gasteiger partial charge >= 0.3 is 0 Å². The van der Waals surface area contributed by atoms with Crippen molar-refractivity contribution in [3.63, 3.8) is 0 Å². The Kier molecular flexibility index (Phi) is 7.01. The van der Waals surface area contributed by atoms with Crippen molar-refractivity contribution in [2.45, 2.75) is 19.4 Å². The number of ether oxygens (including phenoxy) is 2. The summed E-state index contributed by atoms with van der Waals surface area (Å²) in [4.78, 5) is 16.5. The molecule has 0 bridgehead atoms. The van der Waals surface area contributed by atoms with Gasteiger partial charge in [0, 0.05) is 19.7 Å². The van der Waals surface area contributed by atoms with Gasteiger partial charge in [-0.05, 0) is 49.5 Å². The Balaban J connectivity index is 1.32. The maximum absolute atomic E-state index is 12.3. The lowest BCUT2D eigenvalue weighted by molar-refractivity contribution is -0.136. The summed E-state index contributed by atoms with van der Waals surface area (Å²) in [5.74, 6) is 0.784. The third kappa shape index (κ3) is 5.53. The van der Waals surface area contributed by atoms with E-state index in [0.29, 0.717) is 37.8 Å². The van der Waals surface area contributed by atoms with Crippen LogP contribution in [0, 0.1) is 17.2 Å². The van der Waals surface area contributed by atoms with Crippen molar-refractivity contribution in [1.82, 2.24) is 9.80 Å². The molecule has 1 amide bonds. The first-order chi connectivity index (χ1) is 12.7. The Hall–Kier alpha value is -1.94. The van der Waals surface area contributed by atoms with Crippen molar-refractivity contribution in [3.05, 3.63) is 35.4 Å². The zero-order valence-electron chi connectivity index (χ0n) is 15.2. The van der Waals surface area contributed by atoms with Crippen LogP contribution in [-0.2, 0) is 20.9 Å². The number of rotatable bonds is 6. The molecule has 2 heterocycles. The fourth-order valence-electron chi connectivity index (χ4n) is 3.43. The number of hydrogen-bond acceptors (Lipinski definition) is 5. The molecule has 0 saturated carbocycles. The molecule has 0 unspecified atom stereocenters. The van der Waals surface area contributed by atoms with Crippen LogP contribution < -0.4 is 0 Å². The van der Waals surface area contributed by atoms with Crippen molar-refractivity contribution in [2.24, 2.45) is 5.92 Å². The largest absolute Gasteiger partial charge is 0.378 e. The summed E-state index contributed by atoms with van der Waals surface area (Å²) in [6.07, 6.45) is 2.15. The number of nitriles is 1. The molecule has 0 atom stereocenters. The van der Waals surface area contributed by atoms with Crippen LogP contribution in [-0.4, -0.2) is 68.3 Å². The summed E-state index contributed by atoms with van der Waals surface area (Å²) < 4.78 is 11.2. The van der Waals surface area contributed by atoms with E-state index in [1.807, 2.05) is 29.2 Å². The van der Waals surface area contributed by atoms with Crippen molar-refractivity contribution in [2.75, 3.05) is 52.5 Å². The fraction of sp³-hybridized carbons (Fsp3) is 0.600. The molecule has 0 spiro atoms. The van der Waals surface area contributed by atoms with Gasteiger partial charge in [-0.2, -0.15) is 5.26 Å². The summed E-state index contributed by atoms with van der Waals surface area (Å²) >= 11 is 0. The second-order valence-electron chi connectivity index (χ2n) is 7.04. The molecule has 6 nitrogen and oxygen atoms in total. The van der Waals surface area contributed by atoms with E-state index in [-0.39, 0.29) is 5.91 Å². The number of morpholine rings is 1.